The van der Waals surface area contributed by atoms with E-state index in [1.807, 2.05) is 13.8 Å². The lowest BCUT2D eigenvalue weighted by Gasteiger charge is -2.16. The molecule has 3 amide bonds. The first-order valence-corrected chi connectivity index (χ1v) is 7.11. The van der Waals surface area contributed by atoms with Crippen molar-refractivity contribution in [3.63, 3.8) is 0 Å². The summed E-state index contributed by atoms with van der Waals surface area (Å²) in [6, 6.07) is -0.489. The first kappa shape index (κ1) is 17.3. The molecule has 1 aliphatic rings. The van der Waals surface area contributed by atoms with Crippen LogP contribution < -0.4 is 5.32 Å². The summed E-state index contributed by atoms with van der Waals surface area (Å²) in [4.78, 5) is 46.2. The van der Waals surface area contributed by atoms with Crippen LogP contribution in [0.2, 0.25) is 0 Å². The largest absolute Gasteiger partial charge is 0.379 e. The fourth-order valence-corrected chi connectivity index (χ4v) is 1.91. The van der Waals surface area contributed by atoms with Gasteiger partial charge in [-0.2, -0.15) is 0 Å². The molecule has 7 heteroatoms. The van der Waals surface area contributed by atoms with Gasteiger partial charge in [0.25, 0.3) is 0 Å². The highest BCUT2D eigenvalue weighted by atomic mass is 16.5. The molecule has 0 bridgehead atoms. The van der Waals surface area contributed by atoms with Gasteiger partial charge in [-0.3, -0.25) is 19.3 Å². The summed E-state index contributed by atoms with van der Waals surface area (Å²) in [6.45, 7) is 4.32. The normalized spacial score (nSPS) is 16.4. The van der Waals surface area contributed by atoms with Gasteiger partial charge in [-0.15, -0.1) is 0 Å². The molecule has 21 heavy (non-hydrogen) atoms. The number of carbonyl (C=O) groups excluding carboxylic acids is 4. The van der Waals surface area contributed by atoms with Gasteiger partial charge < -0.3 is 14.8 Å². The molecule has 1 aliphatic heterocycles. The molecular weight excluding hydrogens is 276 g/mol. The molecule has 1 heterocycles. The Labute approximate surface area is 124 Å². The predicted octanol–water partition coefficient (Wildman–Crippen LogP) is -0.118. The molecule has 0 aromatic heterocycles. The molecule has 0 spiro atoms. The van der Waals surface area contributed by atoms with Crippen molar-refractivity contribution in [3.8, 4) is 0 Å². The van der Waals surface area contributed by atoms with E-state index in [0.717, 1.165) is 0 Å². The molecule has 1 unspecified atom stereocenters. The Morgan fingerprint density at radius 2 is 1.90 bits per heavy atom. The zero-order valence-electron chi connectivity index (χ0n) is 12.5. The van der Waals surface area contributed by atoms with Gasteiger partial charge in [0.1, 0.15) is 6.29 Å². The summed E-state index contributed by atoms with van der Waals surface area (Å²) < 4.78 is 5.24. The van der Waals surface area contributed by atoms with E-state index in [-0.39, 0.29) is 62.7 Å². The van der Waals surface area contributed by atoms with E-state index in [1.54, 1.807) is 0 Å². The van der Waals surface area contributed by atoms with E-state index >= 15 is 0 Å². The number of likely N-dealkylation sites (tertiary alicyclic amines) is 1. The Morgan fingerprint density at radius 1 is 1.29 bits per heavy atom. The average molecular weight is 298 g/mol. The van der Waals surface area contributed by atoms with Crippen LogP contribution in [0.25, 0.3) is 0 Å². The minimum atomic E-state index is -0.489. The van der Waals surface area contributed by atoms with E-state index in [0.29, 0.717) is 6.29 Å². The number of ether oxygens (including phenoxy) is 1. The zero-order valence-corrected chi connectivity index (χ0v) is 12.5. The number of imide groups is 1. The summed E-state index contributed by atoms with van der Waals surface area (Å²) in [7, 11) is 0. The van der Waals surface area contributed by atoms with Gasteiger partial charge >= 0.3 is 0 Å². The maximum absolute atomic E-state index is 11.6. The van der Waals surface area contributed by atoms with Crippen molar-refractivity contribution in [2.45, 2.75) is 39.2 Å². The van der Waals surface area contributed by atoms with Crippen LogP contribution in [0.1, 0.15) is 33.1 Å². The highest BCUT2D eigenvalue weighted by molar-refractivity contribution is 6.01. The number of aldehydes is 1. The van der Waals surface area contributed by atoms with Crippen LogP contribution >= 0.6 is 0 Å². The summed E-state index contributed by atoms with van der Waals surface area (Å²) in [5, 5.41) is 2.61. The van der Waals surface area contributed by atoms with Crippen LogP contribution in [0.4, 0.5) is 0 Å². The van der Waals surface area contributed by atoms with Crippen LogP contribution in [0, 0.1) is 5.92 Å². The van der Waals surface area contributed by atoms with Crippen molar-refractivity contribution < 1.29 is 23.9 Å². The van der Waals surface area contributed by atoms with Crippen molar-refractivity contribution in [2.24, 2.45) is 5.92 Å². The number of amides is 3. The molecule has 1 atom stereocenters. The molecule has 0 aromatic carbocycles. The molecule has 0 aliphatic carbocycles. The summed E-state index contributed by atoms with van der Waals surface area (Å²) in [6.07, 6.45) is 1.39. The fraction of sp³-hybridized carbons (Fsp3) is 0.714. The second-order valence-electron chi connectivity index (χ2n) is 5.27. The Balaban J connectivity index is 2.13. The van der Waals surface area contributed by atoms with Gasteiger partial charge in [0.15, 0.2) is 0 Å². The van der Waals surface area contributed by atoms with Crippen LogP contribution in [0.3, 0.4) is 0 Å². The van der Waals surface area contributed by atoms with Gasteiger partial charge in [0.2, 0.25) is 17.7 Å². The Hall–Kier alpha value is -1.76. The summed E-state index contributed by atoms with van der Waals surface area (Å²) >= 11 is 0. The minimum absolute atomic E-state index is 0.0413. The van der Waals surface area contributed by atoms with Gasteiger partial charge in [-0.1, -0.05) is 13.8 Å². The highest BCUT2D eigenvalue weighted by Gasteiger charge is 2.28. The topological polar surface area (TPSA) is 92.8 Å². The number of hydrogen-bond acceptors (Lipinski definition) is 5. The van der Waals surface area contributed by atoms with E-state index in [2.05, 4.69) is 5.32 Å². The third-order valence-electron chi connectivity index (χ3n) is 3.28. The molecule has 1 fully saturated rings. The first-order valence-electron chi connectivity index (χ1n) is 7.11. The predicted molar refractivity (Wildman–Crippen MR) is 74.2 cm³/mol. The summed E-state index contributed by atoms with van der Waals surface area (Å²) in [5.74, 6) is -0.562. The maximum atomic E-state index is 11.6. The monoisotopic (exact) mass is 298 g/mol. The van der Waals surface area contributed by atoms with Gasteiger partial charge in [0, 0.05) is 19.3 Å². The van der Waals surface area contributed by atoms with Gasteiger partial charge in [0.05, 0.1) is 25.8 Å². The number of hydrogen-bond donors (Lipinski definition) is 1. The van der Waals surface area contributed by atoms with E-state index in [1.165, 1.54) is 4.90 Å². The van der Waals surface area contributed by atoms with Gasteiger partial charge in [-0.05, 0) is 5.92 Å². The molecule has 1 N–H and O–H groups in total. The molecule has 0 radical (unpaired) electrons. The third-order valence-corrected chi connectivity index (χ3v) is 3.28. The van der Waals surface area contributed by atoms with Crippen molar-refractivity contribution in [1.82, 2.24) is 10.2 Å². The van der Waals surface area contributed by atoms with E-state index in [9.17, 15) is 19.2 Å². The van der Waals surface area contributed by atoms with Crippen LogP contribution in [-0.2, 0) is 23.9 Å². The highest BCUT2D eigenvalue weighted by Crippen LogP contribution is 2.10. The van der Waals surface area contributed by atoms with Crippen molar-refractivity contribution >= 4 is 24.0 Å². The van der Waals surface area contributed by atoms with Crippen LogP contribution in [-0.4, -0.2) is 54.7 Å². The van der Waals surface area contributed by atoms with Crippen molar-refractivity contribution in [3.05, 3.63) is 0 Å². The quantitative estimate of drug-likeness (QED) is 0.364. The maximum Gasteiger partial charge on any atom is 0.229 e. The zero-order chi connectivity index (χ0) is 15.8. The Kier molecular flexibility index (Phi) is 7.01. The first-order chi connectivity index (χ1) is 9.95. The van der Waals surface area contributed by atoms with Crippen LogP contribution in [0.15, 0.2) is 0 Å². The Morgan fingerprint density at radius 3 is 2.43 bits per heavy atom. The fourth-order valence-electron chi connectivity index (χ4n) is 1.91. The van der Waals surface area contributed by atoms with Crippen molar-refractivity contribution in [2.75, 3.05) is 19.8 Å². The lowest BCUT2D eigenvalue weighted by atomic mass is 10.1. The molecule has 1 saturated heterocycles. The molecular formula is C14H22N2O5. The third kappa shape index (κ3) is 5.63. The van der Waals surface area contributed by atoms with Gasteiger partial charge in [-0.25, -0.2) is 0 Å². The second-order valence-corrected chi connectivity index (χ2v) is 5.27. The molecule has 0 saturated carbocycles. The number of nitrogens with one attached hydrogen (secondary N) is 1. The average Bonchev–Trinajstić information content (AvgIpc) is 2.75. The molecule has 7 nitrogen and oxygen atoms in total. The molecule has 118 valence electrons. The van der Waals surface area contributed by atoms with E-state index in [4.69, 9.17) is 4.74 Å². The smallest absolute Gasteiger partial charge is 0.229 e. The molecule has 1 rings (SSSR count). The van der Waals surface area contributed by atoms with Crippen molar-refractivity contribution in [1.29, 1.82) is 0 Å². The lowest BCUT2D eigenvalue weighted by Crippen LogP contribution is -2.40. The summed E-state index contributed by atoms with van der Waals surface area (Å²) in [5.41, 5.74) is 0. The number of nitrogens with zero attached hydrogens (tertiary/aromatic N) is 1. The number of rotatable bonds is 9. The van der Waals surface area contributed by atoms with Crippen LogP contribution in [0.5, 0.6) is 0 Å². The van der Waals surface area contributed by atoms with E-state index < -0.39 is 6.04 Å². The molecule has 0 aromatic rings. The SMILES string of the molecule is CC(C)C(C=O)NC(=O)CCOCCN1C(=O)CCC1=O. The second kappa shape index (κ2) is 8.51. The Bertz CT molecular complexity index is 392. The standard InChI is InChI=1S/C14H22N2O5/c1-10(2)11(9-17)15-12(18)5-7-21-8-6-16-13(19)3-4-14(16)20/h9-11H,3-8H2,1-2H3,(H,15,18). The number of carbonyl (C=O) groups is 4. The minimum Gasteiger partial charge on any atom is -0.379 e. The lowest BCUT2D eigenvalue weighted by molar-refractivity contribution is -0.139.